The normalized spacial score (nSPS) is 20.9. The first-order valence-electron chi connectivity index (χ1n) is 5.98. The molecular weight excluding hydrogens is 218 g/mol. The second-order valence-corrected chi connectivity index (χ2v) is 5.31. The number of ether oxygens (including phenoxy) is 1. The van der Waals surface area contributed by atoms with Gasteiger partial charge < -0.3 is 9.64 Å². The molecule has 0 bridgehead atoms. The van der Waals surface area contributed by atoms with Crippen molar-refractivity contribution < 1.29 is 14.3 Å². The Kier molecular flexibility index (Phi) is 4.32. The number of amides is 1. The van der Waals surface area contributed by atoms with Crippen LogP contribution in [-0.4, -0.2) is 35.5 Å². The van der Waals surface area contributed by atoms with E-state index in [1.165, 1.54) is 0 Å². The van der Waals surface area contributed by atoms with E-state index in [9.17, 15) is 9.59 Å². The maximum atomic E-state index is 11.8. The number of hydrogen-bond acceptors (Lipinski definition) is 3. The molecule has 0 spiro atoms. The van der Waals surface area contributed by atoms with Crippen LogP contribution >= 0.6 is 0 Å². The third kappa shape index (κ3) is 4.21. The summed E-state index contributed by atoms with van der Waals surface area (Å²) in [5.74, 6) is 0.0253. The molecule has 1 atom stereocenters. The van der Waals surface area contributed by atoms with Crippen LogP contribution < -0.4 is 0 Å². The minimum Gasteiger partial charge on any atom is -0.444 e. The number of likely N-dealkylation sites (tertiary alicyclic amines) is 1. The Morgan fingerprint density at radius 1 is 1.35 bits per heavy atom. The molecule has 0 N–H and O–H groups in total. The highest BCUT2D eigenvalue weighted by molar-refractivity contribution is 5.92. The van der Waals surface area contributed by atoms with Gasteiger partial charge in [0, 0.05) is 19.0 Å². The lowest BCUT2D eigenvalue weighted by Gasteiger charge is -2.24. The molecule has 1 saturated heterocycles. The van der Waals surface area contributed by atoms with E-state index < -0.39 is 5.60 Å². The molecule has 4 nitrogen and oxygen atoms in total. The lowest BCUT2D eigenvalue weighted by atomic mass is 10.0. The minimum absolute atomic E-state index is 0.0706. The Morgan fingerprint density at radius 3 is 2.53 bits per heavy atom. The quantitative estimate of drug-likeness (QED) is 0.695. The average molecular weight is 239 g/mol. The maximum Gasteiger partial charge on any atom is 0.410 e. The zero-order valence-electron chi connectivity index (χ0n) is 11.0. The van der Waals surface area contributed by atoms with E-state index in [1.54, 1.807) is 17.1 Å². The van der Waals surface area contributed by atoms with Crippen LogP contribution in [0, 0.1) is 5.92 Å². The molecule has 0 radical (unpaired) electrons. The second-order valence-electron chi connectivity index (χ2n) is 5.31. The van der Waals surface area contributed by atoms with Crippen molar-refractivity contribution >= 4 is 11.9 Å². The van der Waals surface area contributed by atoms with Gasteiger partial charge in [-0.05, 0) is 40.2 Å². The fraction of sp³-hybridized carbons (Fsp3) is 0.692. The summed E-state index contributed by atoms with van der Waals surface area (Å²) in [7, 11) is 0. The van der Waals surface area contributed by atoms with Gasteiger partial charge in [0.05, 0.1) is 0 Å². The minimum atomic E-state index is -0.484. The summed E-state index contributed by atoms with van der Waals surface area (Å²) in [6.07, 6.45) is 3.71. The summed E-state index contributed by atoms with van der Waals surface area (Å²) >= 11 is 0. The molecule has 0 saturated carbocycles. The fourth-order valence-corrected chi connectivity index (χ4v) is 1.79. The zero-order valence-corrected chi connectivity index (χ0v) is 11.0. The van der Waals surface area contributed by atoms with Gasteiger partial charge in [-0.3, -0.25) is 4.79 Å². The molecule has 1 aliphatic heterocycles. The molecular formula is C13H21NO3. The maximum absolute atomic E-state index is 11.8. The van der Waals surface area contributed by atoms with Crippen molar-refractivity contribution in [1.29, 1.82) is 0 Å². The molecule has 1 aliphatic rings. The molecule has 0 unspecified atom stereocenters. The van der Waals surface area contributed by atoms with Crippen LogP contribution in [0.1, 0.15) is 34.1 Å². The fourth-order valence-electron chi connectivity index (χ4n) is 1.79. The van der Waals surface area contributed by atoms with E-state index in [1.807, 2.05) is 27.7 Å². The number of nitrogens with zero attached hydrogens (tertiary/aromatic N) is 1. The highest BCUT2D eigenvalue weighted by atomic mass is 16.6. The molecule has 17 heavy (non-hydrogen) atoms. The van der Waals surface area contributed by atoms with Crippen molar-refractivity contribution in [2.45, 2.75) is 39.7 Å². The molecule has 0 aromatic heterocycles. The summed E-state index contributed by atoms with van der Waals surface area (Å²) in [5, 5.41) is 0. The third-order valence-electron chi connectivity index (χ3n) is 2.57. The van der Waals surface area contributed by atoms with Gasteiger partial charge >= 0.3 is 6.09 Å². The van der Waals surface area contributed by atoms with E-state index in [0.29, 0.717) is 13.1 Å². The molecule has 0 aromatic carbocycles. The molecule has 1 amide bonds. The van der Waals surface area contributed by atoms with Crippen molar-refractivity contribution in [3.05, 3.63) is 12.2 Å². The molecule has 1 fully saturated rings. The summed E-state index contributed by atoms with van der Waals surface area (Å²) in [6, 6.07) is 0. The summed E-state index contributed by atoms with van der Waals surface area (Å²) in [4.78, 5) is 25.0. The lowest BCUT2D eigenvalue weighted by molar-refractivity contribution is -0.117. The lowest BCUT2D eigenvalue weighted by Crippen LogP contribution is -2.35. The van der Waals surface area contributed by atoms with E-state index >= 15 is 0 Å². The molecule has 0 aliphatic carbocycles. The number of ketones is 1. The van der Waals surface area contributed by atoms with Gasteiger partial charge in [0.25, 0.3) is 0 Å². The number of hydrogen-bond donors (Lipinski definition) is 0. The topological polar surface area (TPSA) is 46.6 Å². The van der Waals surface area contributed by atoms with Gasteiger partial charge in [0.1, 0.15) is 5.60 Å². The SMILES string of the molecule is C/C=C/C(=O)[C@@H]1CCN(C(=O)OC(C)(C)C)C1. The number of rotatable bonds is 2. The summed E-state index contributed by atoms with van der Waals surface area (Å²) in [6.45, 7) is 8.40. The number of carbonyl (C=O) groups excluding carboxylic acids is 2. The first kappa shape index (κ1) is 13.7. The first-order chi connectivity index (χ1) is 7.83. The first-order valence-corrected chi connectivity index (χ1v) is 5.98. The predicted molar refractivity (Wildman–Crippen MR) is 65.7 cm³/mol. The Bertz CT molecular complexity index is 328. The van der Waals surface area contributed by atoms with Crippen LogP contribution in [-0.2, 0) is 9.53 Å². The monoisotopic (exact) mass is 239 g/mol. The molecule has 96 valence electrons. The standard InChI is InChI=1S/C13H21NO3/c1-5-6-11(15)10-7-8-14(9-10)12(16)17-13(2,3)4/h5-6,10H,7-9H2,1-4H3/b6-5+/t10-/m1/s1. The van der Waals surface area contributed by atoms with Gasteiger partial charge in [-0.2, -0.15) is 0 Å². The Morgan fingerprint density at radius 2 is 2.00 bits per heavy atom. The van der Waals surface area contributed by atoms with Crippen LogP contribution in [0.3, 0.4) is 0 Å². The summed E-state index contributed by atoms with van der Waals surface area (Å²) < 4.78 is 5.27. The highest BCUT2D eigenvalue weighted by Crippen LogP contribution is 2.20. The molecule has 0 aromatic rings. The van der Waals surface area contributed by atoms with E-state index in [2.05, 4.69) is 0 Å². The summed E-state index contributed by atoms with van der Waals surface area (Å²) in [5.41, 5.74) is -0.484. The number of allylic oxidation sites excluding steroid dienone is 2. The Labute approximate surface area is 103 Å². The smallest absolute Gasteiger partial charge is 0.410 e. The van der Waals surface area contributed by atoms with Crippen molar-refractivity contribution in [3.63, 3.8) is 0 Å². The zero-order chi connectivity index (χ0) is 13.1. The molecule has 1 heterocycles. The van der Waals surface area contributed by atoms with E-state index in [4.69, 9.17) is 4.74 Å². The van der Waals surface area contributed by atoms with Crippen LogP contribution in [0.2, 0.25) is 0 Å². The van der Waals surface area contributed by atoms with Crippen LogP contribution in [0.5, 0.6) is 0 Å². The van der Waals surface area contributed by atoms with Crippen molar-refractivity contribution in [2.75, 3.05) is 13.1 Å². The molecule has 1 rings (SSSR count). The van der Waals surface area contributed by atoms with Gasteiger partial charge in [-0.25, -0.2) is 4.79 Å². The van der Waals surface area contributed by atoms with Crippen molar-refractivity contribution in [1.82, 2.24) is 4.90 Å². The van der Waals surface area contributed by atoms with Gasteiger partial charge in [0.2, 0.25) is 0 Å². The van der Waals surface area contributed by atoms with Crippen molar-refractivity contribution in [2.24, 2.45) is 5.92 Å². The third-order valence-corrected chi connectivity index (χ3v) is 2.57. The number of carbonyl (C=O) groups is 2. The second kappa shape index (κ2) is 5.34. The molecule has 4 heteroatoms. The Balaban J connectivity index is 2.50. The largest absolute Gasteiger partial charge is 0.444 e. The van der Waals surface area contributed by atoms with Gasteiger partial charge in [-0.1, -0.05) is 6.08 Å². The van der Waals surface area contributed by atoms with E-state index in [0.717, 1.165) is 6.42 Å². The van der Waals surface area contributed by atoms with Gasteiger partial charge in [-0.15, -0.1) is 0 Å². The van der Waals surface area contributed by atoms with E-state index in [-0.39, 0.29) is 17.8 Å². The van der Waals surface area contributed by atoms with Crippen LogP contribution in [0.25, 0.3) is 0 Å². The Hall–Kier alpha value is -1.32. The highest BCUT2D eigenvalue weighted by Gasteiger charge is 2.32. The predicted octanol–water partition coefficient (Wildman–Crippen LogP) is 2.39. The van der Waals surface area contributed by atoms with Crippen LogP contribution in [0.4, 0.5) is 4.79 Å². The van der Waals surface area contributed by atoms with Gasteiger partial charge in [0.15, 0.2) is 5.78 Å². The van der Waals surface area contributed by atoms with Crippen molar-refractivity contribution in [3.8, 4) is 0 Å². The average Bonchev–Trinajstić information content (AvgIpc) is 2.63. The van der Waals surface area contributed by atoms with Crippen LogP contribution in [0.15, 0.2) is 12.2 Å².